The van der Waals surface area contributed by atoms with Crippen LogP contribution in [0.25, 0.3) is 21.8 Å². The third-order valence-electron chi connectivity index (χ3n) is 5.98. The molecule has 1 N–H and O–H groups in total. The van der Waals surface area contributed by atoms with Crippen LogP contribution >= 0.6 is 11.3 Å². The minimum atomic E-state index is -3.66. The number of hydrogen-bond acceptors (Lipinski definition) is 7. The summed E-state index contributed by atoms with van der Waals surface area (Å²) in [5.74, 6) is -0.905. The van der Waals surface area contributed by atoms with Gasteiger partial charge in [0.25, 0.3) is 0 Å². The number of benzene rings is 3. The molecule has 4 aromatic rings. The maximum Gasteiger partial charge on any atom is 0.341 e. The molecular formula is C27H20N2O5S2. The smallest absolute Gasteiger partial charge is 0.341 e. The van der Waals surface area contributed by atoms with E-state index in [9.17, 15) is 13.2 Å². The average molecular weight is 517 g/mol. The first-order valence-electron chi connectivity index (χ1n) is 11.1. The number of sulfone groups is 1. The van der Waals surface area contributed by atoms with Crippen molar-refractivity contribution in [3.8, 4) is 33.6 Å². The summed E-state index contributed by atoms with van der Waals surface area (Å²) in [6.07, 6.45) is 0.155. The number of rotatable bonds is 7. The van der Waals surface area contributed by atoms with Gasteiger partial charge in [0.15, 0.2) is 16.4 Å². The van der Waals surface area contributed by atoms with Crippen LogP contribution in [0.1, 0.15) is 26.8 Å². The quantitative estimate of drug-likeness (QED) is 0.366. The molecule has 0 amide bonds. The molecule has 0 fully saturated rings. The summed E-state index contributed by atoms with van der Waals surface area (Å²) in [5, 5.41) is 18.0. The monoisotopic (exact) mass is 516 g/mol. The van der Waals surface area contributed by atoms with E-state index in [0.29, 0.717) is 38.0 Å². The maximum atomic E-state index is 13.7. The van der Waals surface area contributed by atoms with Gasteiger partial charge in [-0.2, -0.15) is 5.26 Å². The lowest BCUT2D eigenvalue weighted by Crippen LogP contribution is -2.22. The Morgan fingerprint density at radius 3 is 2.53 bits per heavy atom. The molecule has 1 heterocycles. The largest absolute Gasteiger partial charge is 0.482 e. The number of carbonyl (C=O) groups is 1. The minimum Gasteiger partial charge on any atom is -0.482 e. The number of hydrogen-bond donors (Lipinski definition) is 1. The highest BCUT2D eigenvalue weighted by molar-refractivity contribution is 7.91. The molecule has 0 radical (unpaired) electrons. The number of carboxylic acids is 1. The van der Waals surface area contributed by atoms with Crippen LogP contribution in [0.2, 0.25) is 0 Å². The Morgan fingerprint density at radius 2 is 1.83 bits per heavy atom. The van der Waals surface area contributed by atoms with Gasteiger partial charge >= 0.3 is 5.97 Å². The number of fused-ring (bicyclic) bond motifs is 3. The molecule has 0 spiro atoms. The fourth-order valence-corrected chi connectivity index (χ4v) is 7.67. The number of carboxylic acid groups (broad SMARTS) is 1. The van der Waals surface area contributed by atoms with Crippen LogP contribution in [0.3, 0.4) is 0 Å². The van der Waals surface area contributed by atoms with Crippen molar-refractivity contribution >= 4 is 27.1 Å². The van der Waals surface area contributed by atoms with Crippen LogP contribution in [0, 0.1) is 11.3 Å². The summed E-state index contributed by atoms with van der Waals surface area (Å²) < 4.78 is 33.0. The van der Waals surface area contributed by atoms with Crippen molar-refractivity contribution < 1.29 is 23.1 Å². The summed E-state index contributed by atoms with van der Waals surface area (Å²) in [5.41, 5.74) is 3.92. The molecule has 180 valence electrons. The molecule has 1 aliphatic carbocycles. The normalized spacial score (nSPS) is 14.4. The van der Waals surface area contributed by atoms with Crippen LogP contribution < -0.4 is 4.74 Å². The van der Waals surface area contributed by atoms with Gasteiger partial charge in [0.2, 0.25) is 0 Å². The third kappa shape index (κ3) is 4.61. The second-order valence-corrected chi connectivity index (χ2v) is 11.6. The van der Waals surface area contributed by atoms with Crippen molar-refractivity contribution in [1.82, 2.24) is 4.98 Å². The summed E-state index contributed by atoms with van der Waals surface area (Å²) in [6, 6.07) is 23.4. The van der Waals surface area contributed by atoms with E-state index in [-0.39, 0.29) is 12.2 Å². The van der Waals surface area contributed by atoms with Crippen LogP contribution in [-0.4, -0.2) is 31.1 Å². The Labute approximate surface area is 212 Å². The Hall–Kier alpha value is -4.00. The van der Waals surface area contributed by atoms with Crippen LogP contribution in [0.15, 0.2) is 72.8 Å². The summed E-state index contributed by atoms with van der Waals surface area (Å²) in [6.45, 7) is -0.529. The van der Waals surface area contributed by atoms with Crippen LogP contribution in [0.5, 0.6) is 5.75 Å². The fraction of sp³-hybridized carbons (Fsp3) is 0.148. The summed E-state index contributed by atoms with van der Waals surface area (Å²) >= 11 is 1.33. The number of nitrogens with zero attached hydrogens (tertiary/aromatic N) is 2. The van der Waals surface area contributed by atoms with Crippen molar-refractivity contribution in [3.05, 3.63) is 94.4 Å². The Morgan fingerprint density at radius 1 is 1.08 bits per heavy atom. The summed E-state index contributed by atoms with van der Waals surface area (Å²) in [7, 11) is -3.66. The molecule has 5 rings (SSSR count). The number of ether oxygens (including phenoxy) is 1. The number of thiazole rings is 1. The van der Waals surface area contributed by atoms with Gasteiger partial charge in [-0.25, -0.2) is 18.2 Å². The van der Waals surface area contributed by atoms with E-state index in [1.807, 2.05) is 12.1 Å². The summed E-state index contributed by atoms with van der Waals surface area (Å²) in [4.78, 5) is 16.6. The van der Waals surface area contributed by atoms with Gasteiger partial charge in [0, 0.05) is 16.7 Å². The van der Waals surface area contributed by atoms with Gasteiger partial charge in [0.05, 0.1) is 28.0 Å². The van der Waals surface area contributed by atoms with E-state index >= 15 is 0 Å². The van der Waals surface area contributed by atoms with Crippen molar-refractivity contribution in [2.75, 3.05) is 6.61 Å². The number of aromatic nitrogens is 1. The molecule has 9 heteroatoms. The van der Waals surface area contributed by atoms with E-state index in [1.54, 1.807) is 60.7 Å². The van der Waals surface area contributed by atoms with Crippen LogP contribution in [0.4, 0.5) is 0 Å². The van der Waals surface area contributed by atoms with Crippen molar-refractivity contribution in [2.45, 2.75) is 17.4 Å². The molecule has 36 heavy (non-hydrogen) atoms. The van der Waals surface area contributed by atoms with Gasteiger partial charge in [-0.1, -0.05) is 54.6 Å². The molecule has 7 nitrogen and oxygen atoms in total. The zero-order valence-corrected chi connectivity index (χ0v) is 20.6. The topological polar surface area (TPSA) is 117 Å². The highest BCUT2D eigenvalue weighted by atomic mass is 32.2. The van der Waals surface area contributed by atoms with Crippen LogP contribution in [-0.2, 0) is 26.8 Å². The van der Waals surface area contributed by atoms with Gasteiger partial charge < -0.3 is 9.84 Å². The fourth-order valence-electron chi connectivity index (χ4n) is 4.30. The molecule has 0 aliphatic heterocycles. The Balaban J connectivity index is 1.63. The van der Waals surface area contributed by atoms with Gasteiger partial charge in [-0.3, -0.25) is 0 Å². The van der Waals surface area contributed by atoms with Gasteiger partial charge in [0.1, 0.15) is 16.0 Å². The number of nitriles is 1. The first kappa shape index (κ1) is 23.7. The van der Waals surface area contributed by atoms with E-state index in [2.05, 4.69) is 6.07 Å². The average Bonchev–Trinajstić information content (AvgIpc) is 3.33. The third-order valence-corrected chi connectivity index (χ3v) is 9.35. The highest BCUT2D eigenvalue weighted by Gasteiger charge is 2.38. The first-order chi connectivity index (χ1) is 17.4. The Bertz CT molecular complexity index is 1590. The second-order valence-electron chi connectivity index (χ2n) is 8.37. The molecule has 1 atom stereocenters. The van der Waals surface area contributed by atoms with E-state index in [1.165, 1.54) is 11.3 Å². The van der Waals surface area contributed by atoms with E-state index in [0.717, 1.165) is 11.1 Å². The zero-order valence-electron chi connectivity index (χ0n) is 18.9. The van der Waals surface area contributed by atoms with E-state index < -0.39 is 27.7 Å². The van der Waals surface area contributed by atoms with Gasteiger partial charge in [-0.05, 0) is 30.2 Å². The zero-order chi connectivity index (χ0) is 25.3. The highest BCUT2D eigenvalue weighted by Crippen LogP contribution is 2.49. The molecule has 0 saturated carbocycles. The lowest BCUT2D eigenvalue weighted by molar-refractivity contribution is -0.139. The van der Waals surface area contributed by atoms with Crippen molar-refractivity contribution in [3.63, 3.8) is 0 Å². The van der Waals surface area contributed by atoms with E-state index in [4.69, 9.17) is 20.1 Å². The molecule has 1 aliphatic rings. The standard InChI is InChI=1S/C27H20N2O5S2/c28-14-17-9-11-19(12-10-17)27-29-25-20-7-4-8-22(34-15-24(30)31)21(20)13-23(26(25)35-27)36(32,33)16-18-5-2-1-3-6-18/h1-12,23H,13,15-16H2,(H,30,31). The molecule has 3 aromatic carbocycles. The molecule has 1 aromatic heterocycles. The SMILES string of the molecule is N#Cc1ccc(-c2nc3c(s2)C(S(=O)(=O)Cc2ccccc2)Cc2c(OCC(=O)O)cccc2-3)cc1. The lowest BCUT2D eigenvalue weighted by Gasteiger charge is -2.25. The van der Waals surface area contributed by atoms with Crippen molar-refractivity contribution in [2.24, 2.45) is 0 Å². The first-order valence-corrected chi connectivity index (χ1v) is 13.6. The molecular weight excluding hydrogens is 496 g/mol. The molecule has 0 bridgehead atoms. The lowest BCUT2D eigenvalue weighted by atomic mass is 9.92. The molecule has 1 unspecified atom stereocenters. The Kier molecular flexibility index (Phi) is 6.31. The second kappa shape index (κ2) is 9.57. The predicted molar refractivity (Wildman–Crippen MR) is 136 cm³/mol. The molecule has 0 saturated heterocycles. The predicted octanol–water partition coefficient (Wildman–Crippen LogP) is 5.02. The maximum absolute atomic E-state index is 13.7. The number of aliphatic carboxylic acids is 1. The minimum absolute atomic E-state index is 0.129. The van der Waals surface area contributed by atoms with Gasteiger partial charge in [-0.15, -0.1) is 11.3 Å². The van der Waals surface area contributed by atoms with Crippen molar-refractivity contribution in [1.29, 1.82) is 5.26 Å².